The molecule has 294 valence electrons. The van der Waals surface area contributed by atoms with Gasteiger partial charge < -0.3 is 24.7 Å². The fourth-order valence-electron chi connectivity index (χ4n) is 7.08. The van der Waals surface area contributed by atoms with Crippen LogP contribution in [0.3, 0.4) is 0 Å². The van der Waals surface area contributed by atoms with E-state index in [1.807, 2.05) is 45.9 Å². The molecule has 4 N–H and O–H groups in total. The van der Waals surface area contributed by atoms with Crippen LogP contribution in [0.1, 0.15) is 76.6 Å². The highest BCUT2D eigenvalue weighted by Gasteiger charge is 2.48. The summed E-state index contributed by atoms with van der Waals surface area (Å²) in [6.07, 6.45) is 0.325. The lowest BCUT2D eigenvalue weighted by molar-refractivity contribution is -0.385. The number of rotatable bonds is 3. The number of hydrogen-bond acceptors (Lipinski definition) is 13. The molecule has 0 aromatic heterocycles. The van der Waals surface area contributed by atoms with Crippen LogP contribution < -0.4 is 16.4 Å². The number of alkyl carbamates (subject to hydrolysis) is 2. The molecular weight excluding hydrogens is 733 g/mol. The molecule has 0 radical (unpaired) electrons. The number of thioether (sulfide) groups is 2. The van der Waals surface area contributed by atoms with E-state index < -0.39 is 39.4 Å². The van der Waals surface area contributed by atoms with E-state index in [2.05, 4.69) is 17.6 Å². The number of nitrogens with two attached hydrogens (primary N) is 1. The molecule has 0 spiro atoms. The molecule has 2 aromatic rings. The van der Waals surface area contributed by atoms with Crippen molar-refractivity contribution in [1.82, 2.24) is 10.6 Å². The number of nitrogens with zero attached hydrogens (tertiary/aromatic N) is 3. The SMILES string of the molecule is Cc1ccc(N)cc1[C@]12CCOC[C@H]1CSC(NC(=O)OC(C)(C)C)=N2.Cc1ccc([N+](=O)[O-])cc1[C@]12CCOC[C@H]1CSC(NC(=O)OC(C)(C)C)=N2. The number of amides is 2. The Hall–Kier alpha value is -3.86. The summed E-state index contributed by atoms with van der Waals surface area (Å²) in [6.45, 7) is 17.2. The van der Waals surface area contributed by atoms with Gasteiger partial charge in [-0.15, -0.1) is 0 Å². The summed E-state index contributed by atoms with van der Waals surface area (Å²) in [5.74, 6) is 1.82. The second-order valence-corrected chi connectivity index (χ2v) is 17.9. The van der Waals surface area contributed by atoms with Crippen LogP contribution in [0, 0.1) is 35.8 Å². The molecule has 4 heterocycles. The Morgan fingerprint density at radius 3 is 1.70 bits per heavy atom. The van der Waals surface area contributed by atoms with Gasteiger partial charge in [-0.25, -0.2) is 9.59 Å². The fraction of sp³-hybridized carbons (Fsp3) is 0.579. The quantitative estimate of drug-likeness (QED) is 0.162. The van der Waals surface area contributed by atoms with Gasteiger partial charge in [-0.05, 0) is 89.8 Å². The molecule has 14 nitrogen and oxygen atoms in total. The molecule has 0 saturated carbocycles. The average molecular weight is 785 g/mol. The van der Waals surface area contributed by atoms with Gasteiger partial charge in [0, 0.05) is 67.2 Å². The van der Waals surface area contributed by atoms with E-state index in [9.17, 15) is 19.7 Å². The van der Waals surface area contributed by atoms with Crippen LogP contribution in [0.4, 0.5) is 21.0 Å². The van der Waals surface area contributed by atoms with Gasteiger partial charge in [-0.2, -0.15) is 0 Å². The Balaban J connectivity index is 0.000000208. The maximum atomic E-state index is 12.2. The van der Waals surface area contributed by atoms with Gasteiger partial charge in [0.2, 0.25) is 0 Å². The molecule has 4 aliphatic rings. The number of nitro groups is 1. The predicted molar refractivity (Wildman–Crippen MR) is 213 cm³/mol. The van der Waals surface area contributed by atoms with Crippen LogP contribution in [0.5, 0.6) is 0 Å². The minimum absolute atomic E-state index is 0.0373. The van der Waals surface area contributed by atoms with Crippen molar-refractivity contribution in [3.8, 4) is 0 Å². The molecule has 0 bridgehead atoms. The number of hydrogen-bond donors (Lipinski definition) is 3. The number of anilines is 1. The maximum Gasteiger partial charge on any atom is 0.413 e. The van der Waals surface area contributed by atoms with Gasteiger partial charge in [-0.1, -0.05) is 35.7 Å². The van der Waals surface area contributed by atoms with Crippen molar-refractivity contribution in [2.45, 2.75) is 90.5 Å². The second-order valence-electron chi connectivity index (χ2n) is 15.9. The van der Waals surface area contributed by atoms with Crippen LogP contribution in [-0.2, 0) is 30.0 Å². The molecule has 0 aliphatic carbocycles. The molecule has 6 rings (SSSR count). The Kier molecular flexibility index (Phi) is 12.6. The highest BCUT2D eigenvalue weighted by atomic mass is 32.2. The Morgan fingerprint density at radius 2 is 1.26 bits per heavy atom. The average Bonchev–Trinajstić information content (AvgIpc) is 3.07. The van der Waals surface area contributed by atoms with Crippen LogP contribution in [0.15, 0.2) is 46.4 Å². The number of carbonyl (C=O) groups is 2. The predicted octanol–water partition coefficient (Wildman–Crippen LogP) is 7.20. The standard InChI is InChI=1S/C19H25N3O5S.C19H27N3O3S/c1-12-5-6-14(22(24)25)9-15(12)19-7-8-26-10-13(19)11-28-16(21-19)20-17(23)27-18(2,3)4;1-12-5-6-14(20)9-15(12)19-7-8-24-10-13(19)11-26-16(22-19)21-17(23)25-18(2,3)4/h5-6,9,13H,7-8,10-11H2,1-4H3,(H,20,21,23);5-6,9,13H,7-8,10-11,20H2,1-4H3,(H,21,22,23)/t2*13-,19-/m00/s1. The zero-order chi connectivity index (χ0) is 39.5. The molecule has 4 aliphatic heterocycles. The molecule has 16 heteroatoms. The summed E-state index contributed by atoms with van der Waals surface area (Å²) >= 11 is 2.97. The van der Waals surface area contributed by atoms with Gasteiger partial charge in [-0.3, -0.25) is 30.7 Å². The molecule has 54 heavy (non-hydrogen) atoms. The molecular formula is C38H52N6O8S2. The summed E-state index contributed by atoms with van der Waals surface area (Å²) in [6, 6.07) is 10.8. The minimum atomic E-state index is -0.663. The largest absolute Gasteiger partial charge is 0.444 e. The number of aliphatic imine (C=N–C) groups is 2. The van der Waals surface area contributed by atoms with Crippen LogP contribution in [-0.4, -0.2) is 76.6 Å². The lowest BCUT2D eigenvalue weighted by Gasteiger charge is -2.45. The molecule has 0 unspecified atom stereocenters. The lowest BCUT2D eigenvalue weighted by atomic mass is 9.74. The zero-order valence-electron chi connectivity index (χ0n) is 32.3. The maximum absolute atomic E-state index is 12.2. The Morgan fingerprint density at radius 1 is 0.815 bits per heavy atom. The van der Waals surface area contributed by atoms with Crippen molar-refractivity contribution in [2.75, 3.05) is 43.7 Å². The zero-order valence-corrected chi connectivity index (χ0v) is 33.9. The number of amidine groups is 2. The number of nitrogen functional groups attached to an aromatic ring is 1. The van der Waals surface area contributed by atoms with Crippen LogP contribution in [0.2, 0.25) is 0 Å². The van der Waals surface area contributed by atoms with E-state index in [0.717, 1.165) is 40.1 Å². The van der Waals surface area contributed by atoms with Gasteiger partial charge >= 0.3 is 12.2 Å². The monoisotopic (exact) mass is 784 g/mol. The lowest BCUT2D eigenvalue weighted by Crippen LogP contribution is -2.48. The number of carbonyl (C=O) groups excluding carboxylic acids is 2. The number of fused-ring (bicyclic) bond motifs is 2. The molecule has 4 atom stereocenters. The number of benzene rings is 2. The first-order valence-corrected chi connectivity index (χ1v) is 20.0. The number of nitro benzene ring substituents is 1. The Labute approximate surface area is 325 Å². The Bertz CT molecular complexity index is 1810. The highest BCUT2D eigenvalue weighted by Crippen LogP contribution is 2.48. The number of ether oxygens (including phenoxy) is 4. The molecule has 2 aromatic carbocycles. The summed E-state index contributed by atoms with van der Waals surface area (Å²) in [5.41, 5.74) is 8.60. The van der Waals surface area contributed by atoms with E-state index >= 15 is 0 Å². The second kappa shape index (κ2) is 16.5. The van der Waals surface area contributed by atoms with Crippen molar-refractivity contribution in [3.63, 3.8) is 0 Å². The molecule has 2 fully saturated rings. The minimum Gasteiger partial charge on any atom is -0.444 e. The van der Waals surface area contributed by atoms with Crippen molar-refractivity contribution >= 4 is 57.4 Å². The van der Waals surface area contributed by atoms with E-state index in [1.165, 1.54) is 29.6 Å². The first-order valence-electron chi connectivity index (χ1n) is 18.0. The van der Waals surface area contributed by atoms with E-state index in [0.29, 0.717) is 48.9 Å². The van der Waals surface area contributed by atoms with Gasteiger partial charge in [0.15, 0.2) is 10.3 Å². The van der Waals surface area contributed by atoms with E-state index in [4.69, 9.17) is 34.7 Å². The van der Waals surface area contributed by atoms with Crippen LogP contribution in [0.25, 0.3) is 0 Å². The first-order chi connectivity index (χ1) is 25.3. The summed E-state index contributed by atoms with van der Waals surface area (Å²) in [4.78, 5) is 45.2. The number of aryl methyl sites for hydroxylation is 2. The van der Waals surface area contributed by atoms with Crippen molar-refractivity contribution < 1.29 is 33.5 Å². The molecule has 2 amide bonds. The smallest absolute Gasteiger partial charge is 0.413 e. The van der Waals surface area contributed by atoms with Crippen molar-refractivity contribution in [3.05, 3.63) is 68.8 Å². The summed E-state index contributed by atoms with van der Waals surface area (Å²) in [7, 11) is 0. The van der Waals surface area contributed by atoms with Crippen LogP contribution >= 0.6 is 23.5 Å². The van der Waals surface area contributed by atoms with Crippen molar-refractivity contribution in [1.29, 1.82) is 0 Å². The van der Waals surface area contributed by atoms with E-state index in [-0.39, 0.29) is 17.5 Å². The van der Waals surface area contributed by atoms with Gasteiger partial charge in [0.05, 0.1) is 29.2 Å². The third-order valence-corrected chi connectivity index (χ3v) is 11.6. The normalized spacial score (nSPS) is 25.3. The van der Waals surface area contributed by atoms with Gasteiger partial charge in [0.25, 0.3) is 5.69 Å². The number of non-ortho nitro benzene ring substituents is 1. The fourth-order valence-corrected chi connectivity index (χ4v) is 9.31. The third-order valence-electron chi connectivity index (χ3n) is 9.53. The third kappa shape index (κ3) is 9.86. The summed E-state index contributed by atoms with van der Waals surface area (Å²) < 4.78 is 22.1. The van der Waals surface area contributed by atoms with E-state index in [1.54, 1.807) is 32.9 Å². The summed E-state index contributed by atoms with van der Waals surface area (Å²) in [5, 5.41) is 17.9. The van der Waals surface area contributed by atoms with Crippen molar-refractivity contribution in [2.24, 2.45) is 21.8 Å². The first kappa shape index (κ1) is 41.3. The number of nitrogens with one attached hydrogen (secondary N) is 2. The topological polar surface area (TPSA) is 189 Å². The highest BCUT2D eigenvalue weighted by molar-refractivity contribution is 8.14. The molecule has 2 saturated heterocycles. The van der Waals surface area contributed by atoms with Gasteiger partial charge in [0.1, 0.15) is 11.2 Å².